The van der Waals surface area contributed by atoms with Crippen LogP contribution in [0.3, 0.4) is 0 Å². The second-order valence-corrected chi connectivity index (χ2v) is 16.2. The third kappa shape index (κ3) is 6.07. The molecule has 9 rings (SSSR count). The highest BCUT2D eigenvalue weighted by molar-refractivity contribution is 6.06. The van der Waals surface area contributed by atoms with E-state index in [0.717, 1.165) is 104 Å². The Kier molecular flexibility index (Phi) is 8.15. The van der Waals surface area contributed by atoms with Crippen LogP contribution in [-0.4, -0.2) is 132 Å². The van der Waals surface area contributed by atoms with Gasteiger partial charge in [0.15, 0.2) is 12.4 Å². The average molecular weight is 730 g/mol. The van der Waals surface area contributed by atoms with E-state index in [1.165, 1.54) is 6.08 Å². The molecule has 2 aromatic heterocycles. The molecule has 5 fully saturated rings. The van der Waals surface area contributed by atoms with Crippen LogP contribution < -0.4 is 14.5 Å². The first-order valence-electron chi connectivity index (χ1n) is 18.7. The van der Waals surface area contributed by atoms with Crippen molar-refractivity contribution in [2.45, 2.75) is 56.8 Å². The molecule has 14 heteroatoms. The van der Waals surface area contributed by atoms with Crippen LogP contribution in [0.4, 0.5) is 24.9 Å². The third-order valence-electron chi connectivity index (χ3n) is 12.4. The quantitative estimate of drug-likeness (QED) is 0.229. The predicted octanol–water partition coefficient (Wildman–Crippen LogP) is 5.35. The minimum absolute atomic E-state index is 0.0380. The number of aromatic nitrogens is 4. The van der Waals surface area contributed by atoms with Crippen molar-refractivity contribution in [1.29, 1.82) is 0 Å². The fourth-order valence-electron chi connectivity index (χ4n) is 8.86. The number of likely N-dealkylation sites (tertiary alicyclic amines) is 2. The predicted molar refractivity (Wildman–Crippen MR) is 199 cm³/mol. The number of fused-ring (bicyclic) bond motifs is 2. The summed E-state index contributed by atoms with van der Waals surface area (Å²) in [6.07, 6.45) is 2.22. The van der Waals surface area contributed by atoms with Gasteiger partial charge in [0.05, 0.1) is 11.7 Å². The van der Waals surface area contributed by atoms with Crippen molar-refractivity contribution in [2.24, 2.45) is 5.41 Å². The zero-order chi connectivity index (χ0) is 36.8. The second-order valence-electron chi connectivity index (χ2n) is 16.2. The van der Waals surface area contributed by atoms with Crippen LogP contribution in [0.2, 0.25) is 0 Å². The van der Waals surface area contributed by atoms with E-state index < -0.39 is 12.8 Å². The number of rotatable bonds is 9. The highest BCUT2D eigenvalue weighted by Gasteiger charge is 2.47. The first-order chi connectivity index (χ1) is 25.4. The Morgan fingerprint density at radius 2 is 1.79 bits per heavy atom. The van der Waals surface area contributed by atoms with Gasteiger partial charge in [0, 0.05) is 86.2 Å². The molecule has 280 valence electrons. The molecule has 1 aliphatic carbocycles. The number of carbonyl (C=O) groups is 1. The maximum Gasteiger partial charge on any atom is 0.422 e. The van der Waals surface area contributed by atoms with E-state index in [1.807, 2.05) is 24.0 Å². The van der Waals surface area contributed by atoms with Crippen LogP contribution in [0.5, 0.6) is 5.75 Å². The number of amides is 1. The number of piperidine rings is 1. The number of nitrogens with zero attached hydrogens (tertiary/aromatic N) is 8. The Bertz CT molecular complexity index is 2080. The largest absolute Gasteiger partial charge is 0.481 e. The van der Waals surface area contributed by atoms with Gasteiger partial charge in [-0.15, -0.1) is 0 Å². The summed E-state index contributed by atoms with van der Waals surface area (Å²) in [6.45, 7) is 10.6. The van der Waals surface area contributed by atoms with Gasteiger partial charge in [0.1, 0.15) is 11.3 Å². The van der Waals surface area contributed by atoms with Gasteiger partial charge in [-0.05, 0) is 87.5 Å². The number of anilines is 2. The molecule has 4 aromatic rings. The molecule has 4 saturated heterocycles. The van der Waals surface area contributed by atoms with E-state index in [2.05, 4.69) is 56.5 Å². The lowest BCUT2D eigenvalue weighted by molar-refractivity contribution is -0.153. The number of ether oxygens (including phenoxy) is 1. The topological polar surface area (TPSA) is 97.0 Å². The Morgan fingerprint density at radius 3 is 2.45 bits per heavy atom. The van der Waals surface area contributed by atoms with Gasteiger partial charge in [-0.1, -0.05) is 12.6 Å². The first kappa shape index (κ1) is 34.3. The van der Waals surface area contributed by atoms with Crippen molar-refractivity contribution < 1.29 is 22.7 Å². The smallest absolute Gasteiger partial charge is 0.422 e. The summed E-state index contributed by atoms with van der Waals surface area (Å²) in [5.74, 6) is 1.55. The molecule has 2 aromatic carbocycles. The number of hydrogen-bond donors (Lipinski definition) is 1. The highest BCUT2D eigenvalue weighted by Crippen LogP contribution is 2.53. The Labute approximate surface area is 306 Å². The van der Waals surface area contributed by atoms with Crippen LogP contribution in [0.1, 0.15) is 42.7 Å². The summed E-state index contributed by atoms with van der Waals surface area (Å²) in [5, 5.41) is 8.89. The molecule has 11 nitrogen and oxygen atoms in total. The van der Waals surface area contributed by atoms with Crippen molar-refractivity contribution in [3.05, 3.63) is 48.2 Å². The van der Waals surface area contributed by atoms with Crippen molar-refractivity contribution in [3.63, 3.8) is 0 Å². The average Bonchev–Trinajstić information content (AvgIpc) is 3.81. The standard InChI is InChI=1S/C39H46F3N9O2/c1-5-31(52)51-20-38(21-51)10-12-48(13-11-38)36-28-14-27(24-7-8-24)33(32-23(2)6-9-30-29(32)15-43-46-30)35(53-22-39(40,41)42)34(28)44-37(45-36)50-18-26(19-50)49-16-25(17-49)47(3)4/h5-6,9,14-15,24-26H,1,7-8,10-13,16-22H2,2-4H3,(H,43,46). The number of aryl methyl sites for hydroxylation is 1. The van der Waals surface area contributed by atoms with Gasteiger partial charge < -0.3 is 24.3 Å². The second kappa shape index (κ2) is 12.6. The minimum atomic E-state index is -4.55. The van der Waals surface area contributed by atoms with E-state index in [4.69, 9.17) is 14.7 Å². The SMILES string of the molecule is C=CC(=O)N1CC2(CCN(c3nc(N4CC(N5CC(N(C)C)C5)C4)nc4c(OCC(F)(F)F)c(-c5c(C)ccc6[nH]ncc56)c(C5CC5)cc34)CC2)C1. The molecule has 0 unspecified atom stereocenters. The fourth-order valence-corrected chi connectivity index (χ4v) is 8.86. The van der Waals surface area contributed by atoms with Crippen LogP contribution in [-0.2, 0) is 4.79 Å². The fraction of sp³-hybridized carbons (Fsp3) is 0.538. The minimum Gasteiger partial charge on any atom is -0.481 e. The molecule has 1 N–H and O–H groups in total. The first-order valence-corrected chi connectivity index (χ1v) is 18.7. The molecule has 6 heterocycles. The molecule has 1 amide bonds. The van der Waals surface area contributed by atoms with Crippen molar-refractivity contribution >= 4 is 39.5 Å². The number of likely N-dealkylation sites (N-methyl/N-ethyl adjacent to an activating group) is 1. The Balaban J connectivity index is 1.16. The summed E-state index contributed by atoms with van der Waals surface area (Å²) < 4.78 is 48.3. The van der Waals surface area contributed by atoms with Gasteiger partial charge in [-0.3, -0.25) is 14.8 Å². The maximum atomic E-state index is 14.1. The van der Waals surface area contributed by atoms with Crippen LogP contribution >= 0.6 is 0 Å². The number of hydrogen-bond acceptors (Lipinski definition) is 9. The van der Waals surface area contributed by atoms with Crippen molar-refractivity contribution in [2.75, 3.05) is 82.9 Å². The highest BCUT2D eigenvalue weighted by atomic mass is 19.4. The zero-order valence-corrected chi connectivity index (χ0v) is 30.5. The molecule has 0 radical (unpaired) electrons. The van der Waals surface area contributed by atoms with E-state index in [-0.39, 0.29) is 23.0 Å². The lowest BCUT2D eigenvalue weighted by atomic mass is 9.72. The Morgan fingerprint density at radius 1 is 1.06 bits per heavy atom. The molecule has 5 aliphatic rings. The molecule has 0 atom stereocenters. The molecule has 4 aliphatic heterocycles. The Hall–Kier alpha value is -4.43. The maximum absolute atomic E-state index is 14.1. The van der Waals surface area contributed by atoms with Gasteiger partial charge in [-0.2, -0.15) is 23.3 Å². The molecule has 1 saturated carbocycles. The number of benzene rings is 2. The van der Waals surface area contributed by atoms with Gasteiger partial charge in [0.2, 0.25) is 11.9 Å². The van der Waals surface area contributed by atoms with Crippen molar-refractivity contribution in [3.8, 4) is 16.9 Å². The molecule has 53 heavy (non-hydrogen) atoms. The lowest BCUT2D eigenvalue weighted by Gasteiger charge is -2.54. The third-order valence-corrected chi connectivity index (χ3v) is 12.4. The normalized spacial score (nSPS) is 21.0. The molecule has 1 spiro atoms. The van der Waals surface area contributed by atoms with Gasteiger partial charge in [0.25, 0.3) is 0 Å². The van der Waals surface area contributed by atoms with E-state index in [9.17, 15) is 18.0 Å². The van der Waals surface area contributed by atoms with E-state index in [0.29, 0.717) is 42.2 Å². The van der Waals surface area contributed by atoms with E-state index in [1.54, 1.807) is 6.20 Å². The van der Waals surface area contributed by atoms with Gasteiger partial charge in [-0.25, -0.2) is 4.98 Å². The monoisotopic (exact) mass is 729 g/mol. The van der Waals surface area contributed by atoms with E-state index >= 15 is 0 Å². The van der Waals surface area contributed by atoms with Crippen molar-refractivity contribution in [1.82, 2.24) is 34.9 Å². The van der Waals surface area contributed by atoms with Crippen LogP contribution in [0, 0.1) is 12.3 Å². The number of H-pyrrole nitrogens is 1. The number of alkyl halides is 3. The van der Waals surface area contributed by atoms with Crippen LogP contribution in [0.25, 0.3) is 32.9 Å². The summed E-state index contributed by atoms with van der Waals surface area (Å²) in [5.41, 5.74) is 4.64. The number of halogens is 3. The summed E-state index contributed by atoms with van der Waals surface area (Å²) >= 11 is 0. The molecular formula is C39H46F3N9O2. The summed E-state index contributed by atoms with van der Waals surface area (Å²) in [4.78, 5) is 33.6. The number of nitrogens with one attached hydrogen (secondary N) is 1. The number of carbonyl (C=O) groups excluding carboxylic acids is 1. The van der Waals surface area contributed by atoms with Gasteiger partial charge >= 0.3 is 6.18 Å². The summed E-state index contributed by atoms with van der Waals surface area (Å²) in [7, 11) is 4.22. The zero-order valence-electron chi connectivity index (χ0n) is 30.5. The lowest BCUT2D eigenvalue weighted by Crippen LogP contribution is -2.69. The molecule has 0 bridgehead atoms. The molecular weight excluding hydrogens is 683 g/mol. The number of aromatic amines is 1. The van der Waals surface area contributed by atoms with Crippen LogP contribution in [0.15, 0.2) is 37.1 Å². The summed E-state index contributed by atoms with van der Waals surface area (Å²) in [6, 6.07) is 6.98.